The first-order chi connectivity index (χ1) is 8.48. The maximum Gasteiger partial charge on any atom is 0.157 e. The number of benzene rings is 1. The van der Waals surface area contributed by atoms with Crippen LogP contribution in [0, 0.1) is 5.82 Å². The van der Waals surface area contributed by atoms with Gasteiger partial charge in [0.15, 0.2) is 9.84 Å². The summed E-state index contributed by atoms with van der Waals surface area (Å²) in [5, 5.41) is 0.144. The summed E-state index contributed by atoms with van der Waals surface area (Å²) in [7, 11) is -3.41. The minimum Gasteiger partial charge on any atom is -0.377 e. The van der Waals surface area contributed by atoms with Crippen LogP contribution in [0.3, 0.4) is 0 Å². The molecule has 6 heteroatoms. The van der Waals surface area contributed by atoms with Crippen LogP contribution in [0.1, 0.15) is 18.4 Å². The SMILES string of the molecule is O=S(=O)(Cc1c(F)cccc1Cl)CC1CCCO1. The van der Waals surface area contributed by atoms with E-state index in [9.17, 15) is 12.8 Å². The zero-order valence-corrected chi connectivity index (χ0v) is 11.3. The molecule has 0 N–H and O–H groups in total. The largest absolute Gasteiger partial charge is 0.377 e. The van der Waals surface area contributed by atoms with E-state index in [2.05, 4.69) is 0 Å². The second kappa shape index (κ2) is 5.55. The summed E-state index contributed by atoms with van der Waals surface area (Å²) in [5.41, 5.74) is 0.0390. The van der Waals surface area contributed by atoms with Crippen molar-refractivity contribution in [2.24, 2.45) is 0 Å². The van der Waals surface area contributed by atoms with Crippen molar-refractivity contribution in [3.05, 3.63) is 34.6 Å². The van der Waals surface area contributed by atoms with E-state index in [0.717, 1.165) is 12.8 Å². The van der Waals surface area contributed by atoms with E-state index in [-0.39, 0.29) is 28.2 Å². The number of halogens is 2. The number of rotatable bonds is 4. The first kappa shape index (κ1) is 13.8. The third-order valence-corrected chi connectivity index (χ3v) is 4.85. The Morgan fingerprint density at radius 3 is 2.83 bits per heavy atom. The number of ether oxygens (including phenoxy) is 1. The van der Waals surface area contributed by atoms with Gasteiger partial charge >= 0.3 is 0 Å². The molecule has 1 heterocycles. The topological polar surface area (TPSA) is 43.4 Å². The van der Waals surface area contributed by atoms with Crippen LogP contribution in [0.25, 0.3) is 0 Å². The van der Waals surface area contributed by atoms with Crippen LogP contribution in [0.15, 0.2) is 18.2 Å². The molecule has 18 heavy (non-hydrogen) atoms. The molecule has 0 amide bonds. The average Bonchev–Trinajstić information content (AvgIpc) is 2.75. The molecular weight excluding hydrogens is 279 g/mol. The highest BCUT2D eigenvalue weighted by Gasteiger charge is 2.25. The summed E-state index contributed by atoms with van der Waals surface area (Å²) in [6.45, 7) is 0.598. The van der Waals surface area contributed by atoms with Crippen LogP contribution in [-0.4, -0.2) is 26.9 Å². The summed E-state index contributed by atoms with van der Waals surface area (Å²) < 4.78 is 42.7. The van der Waals surface area contributed by atoms with Crippen molar-refractivity contribution >= 4 is 21.4 Å². The Morgan fingerprint density at radius 1 is 1.44 bits per heavy atom. The Kier molecular flexibility index (Phi) is 4.25. The van der Waals surface area contributed by atoms with Crippen molar-refractivity contribution in [1.29, 1.82) is 0 Å². The molecule has 0 aromatic heterocycles. The minimum atomic E-state index is -3.41. The van der Waals surface area contributed by atoms with E-state index in [4.69, 9.17) is 16.3 Å². The zero-order valence-electron chi connectivity index (χ0n) is 9.73. The smallest absolute Gasteiger partial charge is 0.157 e. The predicted octanol–water partition coefficient (Wildman–Crippen LogP) is 2.57. The van der Waals surface area contributed by atoms with Crippen molar-refractivity contribution in [3.63, 3.8) is 0 Å². The van der Waals surface area contributed by atoms with Gasteiger partial charge in [0.1, 0.15) is 5.82 Å². The minimum absolute atomic E-state index is 0.0390. The van der Waals surface area contributed by atoms with Gasteiger partial charge in [0.25, 0.3) is 0 Å². The lowest BCUT2D eigenvalue weighted by atomic mass is 10.2. The molecule has 1 saturated heterocycles. The van der Waals surface area contributed by atoms with Crippen molar-refractivity contribution in [2.45, 2.75) is 24.7 Å². The number of sulfone groups is 1. The molecule has 3 nitrogen and oxygen atoms in total. The molecule has 0 radical (unpaired) electrons. The van der Waals surface area contributed by atoms with Crippen molar-refractivity contribution in [1.82, 2.24) is 0 Å². The quantitative estimate of drug-likeness (QED) is 0.857. The Bertz CT molecular complexity index is 504. The van der Waals surface area contributed by atoms with Crippen molar-refractivity contribution in [2.75, 3.05) is 12.4 Å². The lowest BCUT2D eigenvalue weighted by Gasteiger charge is -2.11. The van der Waals surface area contributed by atoms with Crippen LogP contribution in [0.4, 0.5) is 4.39 Å². The van der Waals surface area contributed by atoms with Crippen LogP contribution in [0.2, 0.25) is 5.02 Å². The highest BCUT2D eigenvalue weighted by Crippen LogP contribution is 2.23. The monoisotopic (exact) mass is 292 g/mol. The summed E-state index contributed by atoms with van der Waals surface area (Å²) >= 11 is 5.82. The normalized spacial score (nSPS) is 20.2. The van der Waals surface area contributed by atoms with Crippen LogP contribution in [0.5, 0.6) is 0 Å². The van der Waals surface area contributed by atoms with Gasteiger partial charge in [0.2, 0.25) is 0 Å². The summed E-state index contributed by atoms with van der Waals surface area (Å²) in [6, 6.07) is 4.15. The number of hydrogen-bond donors (Lipinski definition) is 0. The highest BCUT2D eigenvalue weighted by molar-refractivity contribution is 7.90. The fourth-order valence-electron chi connectivity index (χ4n) is 2.01. The van der Waals surface area contributed by atoms with Gasteiger partial charge in [0, 0.05) is 17.2 Å². The van der Waals surface area contributed by atoms with Gasteiger partial charge in [-0.05, 0) is 25.0 Å². The van der Waals surface area contributed by atoms with Crippen molar-refractivity contribution < 1.29 is 17.5 Å². The molecule has 2 rings (SSSR count). The first-order valence-electron chi connectivity index (χ1n) is 5.73. The Morgan fingerprint density at radius 2 is 2.22 bits per heavy atom. The van der Waals surface area contributed by atoms with Gasteiger partial charge in [-0.1, -0.05) is 17.7 Å². The van der Waals surface area contributed by atoms with Crippen LogP contribution in [-0.2, 0) is 20.3 Å². The molecular formula is C12H14ClFO3S. The van der Waals surface area contributed by atoms with Gasteiger partial charge < -0.3 is 4.74 Å². The zero-order chi connectivity index (χ0) is 13.2. The molecule has 1 unspecified atom stereocenters. The van der Waals surface area contributed by atoms with E-state index < -0.39 is 15.7 Å². The molecule has 1 aromatic carbocycles. The van der Waals surface area contributed by atoms with Crippen molar-refractivity contribution in [3.8, 4) is 0 Å². The van der Waals surface area contributed by atoms with E-state index in [1.807, 2.05) is 0 Å². The second-order valence-electron chi connectivity index (χ2n) is 4.39. The van der Waals surface area contributed by atoms with Gasteiger partial charge in [-0.2, -0.15) is 0 Å². The maximum atomic E-state index is 13.5. The Balaban J connectivity index is 2.12. The molecule has 1 atom stereocenters. The number of hydrogen-bond acceptors (Lipinski definition) is 3. The first-order valence-corrected chi connectivity index (χ1v) is 7.93. The summed E-state index contributed by atoms with van der Waals surface area (Å²) in [5.74, 6) is -1.03. The molecule has 1 aliphatic heterocycles. The third-order valence-electron chi connectivity index (χ3n) is 2.89. The lowest BCUT2D eigenvalue weighted by molar-refractivity contribution is 0.127. The molecule has 100 valence electrons. The molecule has 0 spiro atoms. The van der Waals surface area contributed by atoms with E-state index in [1.165, 1.54) is 18.2 Å². The molecule has 0 bridgehead atoms. The lowest BCUT2D eigenvalue weighted by Crippen LogP contribution is -2.21. The molecule has 1 fully saturated rings. The third kappa shape index (κ3) is 3.43. The van der Waals surface area contributed by atoms with Gasteiger partial charge in [-0.15, -0.1) is 0 Å². The van der Waals surface area contributed by atoms with Crippen LogP contribution < -0.4 is 0 Å². The van der Waals surface area contributed by atoms with E-state index in [0.29, 0.717) is 6.61 Å². The molecule has 0 saturated carbocycles. The standard InChI is InChI=1S/C12H14ClFO3S/c13-11-4-1-5-12(14)10(11)8-18(15,16)7-9-3-2-6-17-9/h1,4-5,9H,2-3,6-8H2. The highest BCUT2D eigenvalue weighted by atomic mass is 35.5. The maximum absolute atomic E-state index is 13.5. The Hall–Kier alpha value is -0.650. The van der Waals surface area contributed by atoms with Gasteiger partial charge in [0.05, 0.1) is 17.6 Å². The fourth-order valence-corrected chi connectivity index (χ4v) is 4.00. The van der Waals surface area contributed by atoms with E-state index in [1.54, 1.807) is 0 Å². The second-order valence-corrected chi connectivity index (χ2v) is 6.91. The van der Waals surface area contributed by atoms with Crippen LogP contribution >= 0.6 is 11.6 Å². The van der Waals surface area contributed by atoms with Gasteiger partial charge in [-0.3, -0.25) is 0 Å². The van der Waals surface area contributed by atoms with E-state index >= 15 is 0 Å². The Labute approximate surface area is 111 Å². The fraction of sp³-hybridized carbons (Fsp3) is 0.500. The molecule has 1 aliphatic rings. The predicted molar refractivity (Wildman–Crippen MR) is 67.9 cm³/mol. The molecule has 1 aromatic rings. The van der Waals surface area contributed by atoms with Gasteiger partial charge in [-0.25, -0.2) is 12.8 Å². The average molecular weight is 293 g/mol. The summed E-state index contributed by atoms with van der Waals surface area (Å²) in [6.07, 6.45) is 1.35. The molecule has 0 aliphatic carbocycles. The summed E-state index contributed by atoms with van der Waals surface area (Å²) in [4.78, 5) is 0.